The Hall–Kier alpha value is -2.74. The molecule has 0 aliphatic carbocycles. The molecule has 1 N–H and O–H groups in total. The molecule has 106 valence electrons. The lowest BCUT2D eigenvalue weighted by molar-refractivity contribution is -0.384. The minimum atomic E-state index is -0.883. The number of carbonyl (C=O) groups excluding carboxylic acids is 2. The molecule has 1 rings (SSSR count). The van der Waals surface area contributed by atoms with Crippen LogP contribution in [0.3, 0.4) is 0 Å². The monoisotopic (exact) mass is 280 g/mol. The fraction of sp³-hybridized carbons (Fsp3) is 0.167. The molecule has 1 amide bonds. The van der Waals surface area contributed by atoms with Crippen molar-refractivity contribution in [3.8, 4) is 0 Å². The van der Waals surface area contributed by atoms with Crippen molar-refractivity contribution in [2.45, 2.75) is 0 Å². The van der Waals surface area contributed by atoms with Crippen LogP contribution in [0, 0.1) is 10.1 Å². The van der Waals surface area contributed by atoms with Gasteiger partial charge in [0.05, 0.1) is 10.5 Å². The standard InChI is InChI=1S/C12H12N2O6/c1-3-4-20-12(16)9-5-8(11(15)13(2)17)6-10(7-9)14(18)19/h3,5-7,17H,1,4H2,2H3. The van der Waals surface area contributed by atoms with Crippen LogP contribution in [0.25, 0.3) is 0 Å². The molecule has 0 aliphatic rings. The van der Waals surface area contributed by atoms with Crippen LogP contribution in [-0.4, -0.2) is 40.7 Å². The summed E-state index contributed by atoms with van der Waals surface area (Å²) in [7, 11) is 1.07. The Bertz CT molecular complexity index is 567. The van der Waals surface area contributed by atoms with E-state index in [1.54, 1.807) is 0 Å². The van der Waals surface area contributed by atoms with E-state index in [0.717, 1.165) is 25.2 Å². The van der Waals surface area contributed by atoms with Gasteiger partial charge in [0.1, 0.15) is 6.61 Å². The first-order valence-corrected chi connectivity index (χ1v) is 5.41. The molecule has 0 fully saturated rings. The highest BCUT2D eigenvalue weighted by Crippen LogP contribution is 2.19. The van der Waals surface area contributed by atoms with Gasteiger partial charge >= 0.3 is 5.97 Å². The van der Waals surface area contributed by atoms with Gasteiger partial charge in [-0.3, -0.25) is 20.1 Å². The molecule has 8 heteroatoms. The third-order valence-corrected chi connectivity index (χ3v) is 2.24. The van der Waals surface area contributed by atoms with E-state index in [-0.39, 0.29) is 22.8 Å². The number of ether oxygens (including phenoxy) is 1. The fourth-order valence-electron chi connectivity index (χ4n) is 1.36. The van der Waals surface area contributed by atoms with Gasteiger partial charge in [0, 0.05) is 24.7 Å². The fourth-order valence-corrected chi connectivity index (χ4v) is 1.36. The Morgan fingerprint density at radius 2 is 2.05 bits per heavy atom. The zero-order valence-electron chi connectivity index (χ0n) is 10.6. The summed E-state index contributed by atoms with van der Waals surface area (Å²) in [5, 5.41) is 20.1. The average Bonchev–Trinajstić information content (AvgIpc) is 2.43. The van der Waals surface area contributed by atoms with Crippen LogP contribution in [0.2, 0.25) is 0 Å². The van der Waals surface area contributed by atoms with E-state index in [4.69, 9.17) is 9.94 Å². The van der Waals surface area contributed by atoms with Crippen LogP contribution in [-0.2, 0) is 4.74 Å². The summed E-state index contributed by atoms with van der Waals surface area (Å²) in [4.78, 5) is 33.3. The van der Waals surface area contributed by atoms with Crippen LogP contribution in [0.15, 0.2) is 30.9 Å². The second kappa shape index (κ2) is 6.43. The lowest BCUT2D eigenvalue weighted by Crippen LogP contribution is -2.23. The number of rotatable bonds is 5. The molecule has 0 saturated carbocycles. The predicted molar refractivity (Wildman–Crippen MR) is 67.5 cm³/mol. The average molecular weight is 280 g/mol. The van der Waals surface area contributed by atoms with Crippen molar-refractivity contribution < 1.29 is 24.5 Å². The smallest absolute Gasteiger partial charge is 0.338 e. The topological polar surface area (TPSA) is 110 Å². The van der Waals surface area contributed by atoms with E-state index in [2.05, 4.69) is 6.58 Å². The van der Waals surface area contributed by atoms with Gasteiger partial charge in [0.2, 0.25) is 0 Å². The van der Waals surface area contributed by atoms with Crippen LogP contribution < -0.4 is 0 Å². The summed E-state index contributed by atoms with van der Waals surface area (Å²) in [6, 6.07) is 3.05. The highest BCUT2D eigenvalue weighted by molar-refractivity contribution is 5.98. The number of esters is 1. The van der Waals surface area contributed by atoms with E-state index in [0.29, 0.717) is 0 Å². The third-order valence-electron chi connectivity index (χ3n) is 2.24. The number of hydrogen-bond donors (Lipinski definition) is 1. The molecule has 0 atom stereocenters. The molecule has 0 unspecified atom stereocenters. The molecule has 0 radical (unpaired) electrons. The number of carbonyl (C=O) groups is 2. The van der Waals surface area contributed by atoms with Crippen LogP contribution in [0.1, 0.15) is 20.7 Å². The molecule has 0 saturated heterocycles. The van der Waals surface area contributed by atoms with Gasteiger partial charge in [-0.05, 0) is 6.07 Å². The Balaban J connectivity index is 3.24. The Kier molecular flexibility index (Phi) is 4.93. The maximum Gasteiger partial charge on any atom is 0.338 e. The summed E-state index contributed by atoms with van der Waals surface area (Å²) in [6.07, 6.45) is 1.34. The highest BCUT2D eigenvalue weighted by atomic mass is 16.6. The van der Waals surface area contributed by atoms with Crippen molar-refractivity contribution in [3.63, 3.8) is 0 Å². The number of nitro benzene ring substituents is 1. The van der Waals surface area contributed by atoms with Gasteiger partial charge in [-0.2, -0.15) is 0 Å². The zero-order valence-corrected chi connectivity index (χ0v) is 10.6. The Labute approximate surface area is 114 Å². The molecule has 20 heavy (non-hydrogen) atoms. The van der Waals surface area contributed by atoms with Crippen LogP contribution >= 0.6 is 0 Å². The van der Waals surface area contributed by atoms with Gasteiger partial charge in [-0.1, -0.05) is 12.7 Å². The minimum absolute atomic E-state index is 0.0648. The number of non-ortho nitro benzene ring substituents is 1. The molecule has 0 spiro atoms. The predicted octanol–water partition coefficient (Wildman–Crippen LogP) is 1.40. The maximum atomic E-state index is 11.6. The van der Waals surface area contributed by atoms with Gasteiger partial charge in [0.15, 0.2) is 0 Å². The van der Waals surface area contributed by atoms with E-state index >= 15 is 0 Å². The summed E-state index contributed by atoms with van der Waals surface area (Å²) < 4.78 is 4.74. The summed E-state index contributed by atoms with van der Waals surface area (Å²) in [5.74, 6) is -1.71. The van der Waals surface area contributed by atoms with Crippen molar-refractivity contribution in [2.24, 2.45) is 0 Å². The van der Waals surface area contributed by atoms with Crippen molar-refractivity contribution >= 4 is 17.6 Å². The number of nitro groups is 1. The number of hydroxylamine groups is 2. The van der Waals surface area contributed by atoms with Crippen molar-refractivity contribution in [1.82, 2.24) is 5.06 Å². The lowest BCUT2D eigenvalue weighted by atomic mass is 10.1. The quantitative estimate of drug-likeness (QED) is 0.287. The molecule has 0 aromatic heterocycles. The molecular formula is C12H12N2O6. The number of nitrogens with zero attached hydrogens (tertiary/aromatic N) is 2. The van der Waals surface area contributed by atoms with Gasteiger partial charge in [-0.25, -0.2) is 9.86 Å². The first-order valence-electron chi connectivity index (χ1n) is 5.41. The molecule has 1 aromatic carbocycles. The molecule has 1 aromatic rings. The van der Waals surface area contributed by atoms with Crippen LogP contribution in [0.4, 0.5) is 5.69 Å². The van der Waals surface area contributed by atoms with Crippen molar-refractivity contribution in [3.05, 3.63) is 52.1 Å². The number of amides is 1. The van der Waals surface area contributed by atoms with E-state index in [9.17, 15) is 19.7 Å². The molecule has 0 bridgehead atoms. The SMILES string of the molecule is C=CCOC(=O)c1cc(C(=O)N(C)O)cc([N+](=O)[O-])c1. The second-order valence-electron chi connectivity index (χ2n) is 3.74. The highest BCUT2D eigenvalue weighted by Gasteiger charge is 2.20. The Morgan fingerprint density at radius 3 is 2.55 bits per heavy atom. The summed E-state index contributed by atoms with van der Waals surface area (Å²) in [5.41, 5.74) is -0.816. The molecule has 8 nitrogen and oxygen atoms in total. The van der Waals surface area contributed by atoms with Crippen molar-refractivity contribution in [2.75, 3.05) is 13.7 Å². The normalized spacial score (nSPS) is 9.70. The maximum absolute atomic E-state index is 11.6. The van der Waals surface area contributed by atoms with Crippen molar-refractivity contribution in [1.29, 1.82) is 0 Å². The largest absolute Gasteiger partial charge is 0.458 e. The third kappa shape index (κ3) is 3.62. The van der Waals surface area contributed by atoms with Gasteiger partial charge in [0.25, 0.3) is 11.6 Å². The number of hydrogen-bond acceptors (Lipinski definition) is 6. The van der Waals surface area contributed by atoms with Crippen LogP contribution in [0.5, 0.6) is 0 Å². The molecule has 0 aliphatic heterocycles. The Morgan fingerprint density at radius 1 is 1.45 bits per heavy atom. The first-order chi connectivity index (χ1) is 9.36. The lowest BCUT2D eigenvalue weighted by Gasteiger charge is -2.09. The zero-order chi connectivity index (χ0) is 15.3. The molecular weight excluding hydrogens is 268 g/mol. The minimum Gasteiger partial charge on any atom is -0.458 e. The summed E-state index contributed by atoms with van der Waals surface area (Å²) >= 11 is 0. The van der Waals surface area contributed by atoms with Gasteiger partial charge in [-0.15, -0.1) is 0 Å². The van der Waals surface area contributed by atoms with E-state index in [1.807, 2.05) is 0 Å². The number of benzene rings is 1. The summed E-state index contributed by atoms with van der Waals surface area (Å²) in [6.45, 7) is 3.30. The van der Waals surface area contributed by atoms with Gasteiger partial charge < -0.3 is 4.74 Å². The molecule has 0 heterocycles. The second-order valence-corrected chi connectivity index (χ2v) is 3.74. The first kappa shape index (κ1) is 15.3. The van der Waals surface area contributed by atoms with E-state index < -0.39 is 22.5 Å². The van der Waals surface area contributed by atoms with E-state index in [1.165, 1.54) is 6.08 Å².